The summed E-state index contributed by atoms with van der Waals surface area (Å²) < 4.78 is 0.486. The number of thioether (sulfide) groups is 1. The molecule has 0 N–H and O–H groups in total. The van der Waals surface area contributed by atoms with E-state index in [0.29, 0.717) is 4.75 Å². The van der Waals surface area contributed by atoms with E-state index in [1.807, 2.05) is 11.8 Å². The molecular formula is C8H15S. The summed E-state index contributed by atoms with van der Waals surface area (Å²) in [6, 6.07) is 0. The van der Waals surface area contributed by atoms with Crippen LogP contribution in [0.5, 0.6) is 0 Å². The molecule has 1 rings (SSSR count). The molecule has 53 valence electrons. The second kappa shape index (κ2) is 2.19. The summed E-state index contributed by atoms with van der Waals surface area (Å²) in [5.41, 5.74) is 0. The van der Waals surface area contributed by atoms with Crippen molar-refractivity contribution in [1.29, 1.82) is 0 Å². The lowest BCUT2D eigenvalue weighted by Crippen LogP contribution is -2.22. The van der Waals surface area contributed by atoms with Gasteiger partial charge in [0.1, 0.15) is 0 Å². The van der Waals surface area contributed by atoms with Gasteiger partial charge in [0.2, 0.25) is 0 Å². The highest BCUT2D eigenvalue weighted by molar-refractivity contribution is 8.02. The van der Waals surface area contributed by atoms with Crippen LogP contribution in [0.25, 0.3) is 0 Å². The quantitative estimate of drug-likeness (QED) is 0.502. The van der Waals surface area contributed by atoms with Gasteiger partial charge < -0.3 is 0 Å². The summed E-state index contributed by atoms with van der Waals surface area (Å²) in [7, 11) is 0. The van der Waals surface area contributed by atoms with Gasteiger partial charge in [-0.05, 0) is 11.8 Å². The Morgan fingerprint density at radius 3 is 2.00 bits per heavy atom. The van der Waals surface area contributed by atoms with Crippen LogP contribution in [0.1, 0.15) is 27.7 Å². The molecule has 1 heterocycles. The van der Waals surface area contributed by atoms with Crippen LogP contribution >= 0.6 is 11.8 Å². The zero-order chi connectivity index (χ0) is 7.07. The molecule has 0 aromatic carbocycles. The Morgan fingerprint density at radius 2 is 1.89 bits per heavy atom. The van der Waals surface area contributed by atoms with E-state index < -0.39 is 0 Å². The van der Waals surface area contributed by atoms with Gasteiger partial charge >= 0.3 is 0 Å². The van der Waals surface area contributed by atoms with Gasteiger partial charge in [0.15, 0.2) is 0 Å². The zero-order valence-corrected chi connectivity index (χ0v) is 7.46. The van der Waals surface area contributed by atoms with Gasteiger partial charge in [-0.3, -0.25) is 0 Å². The van der Waals surface area contributed by atoms with E-state index in [0.717, 1.165) is 11.8 Å². The largest absolute Gasteiger partial charge is 0.151 e. The summed E-state index contributed by atoms with van der Waals surface area (Å²) in [5, 5.41) is 0. The topological polar surface area (TPSA) is 0 Å². The van der Waals surface area contributed by atoms with Crippen molar-refractivity contribution >= 4 is 11.8 Å². The third-order valence-electron chi connectivity index (χ3n) is 2.47. The maximum Gasteiger partial charge on any atom is 0.0203 e. The molecule has 1 radical (unpaired) electrons. The van der Waals surface area contributed by atoms with Crippen LogP contribution in [0.4, 0.5) is 0 Å². The zero-order valence-electron chi connectivity index (χ0n) is 6.64. The first kappa shape index (κ1) is 7.46. The van der Waals surface area contributed by atoms with Crippen molar-refractivity contribution in [2.45, 2.75) is 32.4 Å². The molecule has 2 atom stereocenters. The predicted molar refractivity (Wildman–Crippen MR) is 44.3 cm³/mol. The standard InChI is InChI=1S/C8H15S/c1-6-5-9-8(3,4)7(6)2/h5-7H,1-4H3. The molecule has 0 bridgehead atoms. The SMILES string of the molecule is CC1[CH]SC(C)(C)C1C. The highest BCUT2D eigenvalue weighted by Gasteiger charge is 2.37. The van der Waals surface area contributed by atoms with Crippen LogP contribution in [0.2, 0.25) is 0 Å². The average molecular weight is 143 g/mol. The van der Waals surface area contributed by atoms with Crippen molar-refractivity contribution in [2.24, 2.45) is 11.8 Å². The molecule has 0 aliphatic carbocycles. The molecule has 1 fully saturated rings. The minimum absolute atomic E-state index is 0.486. The third-order valence-corrected chi connectivity index (χ3v) is 4.02. The van der Waals surface area contributed by atoms with Gasteiger partial charge in [-0.25, -0.2) is 0 Å². The fourth-order valence-electron chi connectivity index (χ4n) is 1.14. The average Bonchev–Trinajstić information content (AvgIpc) is 1.97. The maximum atomic E-state index is 2.37. The van der Waals surface area contributed by atoms with E-state index >= 15 is 0 Å². The van der Waals surface area contributed by atoms with Gasteiger partial charge in [-0.15, -0.1) is 0 Å². The molecule has 0 spiro atoms. The van der Waals surface area contributed by atoms with Crippen LogP contribution in [0, 0.1) is 17.6 Å². The summed E-state index contributed by atoms with van der Waals surface area (Å²) in [6.45, 7) is 9.28. The first-order valence-electron chi connectivity index (χ1n) is 3.55. The minimum Gasteiger partial charge on any atom is -0.151 e. The Labute approximate surface area is 62.4 Å². The Balaban J connectivity index is 2.62. The van der Waals surface area contributed by atoms with Crippen molar-refractivity contribution in [3.05, 3.63) is 5.75 Å². The lowest BCUT2D eigenvalue weighted by atomic mass is 9.87. The van der Waals surface area contributed by atoms with Crippen LogP contribution in [-0.4, -0.2) is 4.75 Å². The maximum absolute atomic E-state index is 2.37. The summed E-state index contributed by atoms with van der Waals surface area (Å²) in [6.07, 6.45) is 0. The van der Waals surface area contributed by atoms with Crippen molar-refractivity contribution in [3.8, 4) is 0 Å². The van der Waals surface area contributed by atoms with Gasteiger partial charge in [0, 0.05) is 10.5 Å². The molecule has 2 unspecified atom stereocenters. The molecule has 1 saturated heterocycles. The second-order valence-corrected chi connectivity index (χ2v) is 5.07. The second-order valence-electron chi connectivity index (χ2n) is 3.51. The lowest BCUT2D eigenvalue weighted by molar-refractivity contribution is 0.392. The summed E-state index contributed by atoms with van der Waals surface area (Å²) in [4.78, 5) is 0. The van der Waals surface area contributed by atoms with Crippen molar-refractivity contribution in [2.75, 3.05) is 0 Å². The van der Waals surface area contributed by atoms with E-state index in [-0.39, 0.29) is 0 Å². The first-order chi connectivity index (χ1) is 4.04. The molecular weight excluding hydrogens is 128 g/mol. The minimum atomic E-state index is 0.486. The number of hydrogen-bond donors (Lipinski definition) is 0. The molecule has 1 aliphatic heterocycles. The lowest BCUT2D eigenvalue weighted by Gasteiger charge is -2.23. The molecule has 0 nitrogen and oxygen atoms in total. The van der Waals surface area contributed by atoms with E-state index in [1.54, 1.807) is 0 Å². The van der Waals surface area contributed by atoms with E-state index in [9.17, 15) is 0 Å². The van der Waals surface area contributed by atoms with Gasteiger partial charge in [-0.1, -0.05) is 27.7 Å². The molecule has 9 heavy (non-hydrogen) atoms. The summed E-state index contributed by atoms with van der Waals surface area (Å²) >= 11 is 1.99. The number of rotatable bonds is 0. The Morgan fingerprint density at radius 1 is 1.33 bits per heavy atom. The molecule has 0 saturated carbocycles. The third kappa shape index (κ3) is 1.26. The Hall–Kier alpha value is 0.350. The van der Waals surface area contributed by atoms with Gasteiger partial charge in [0.05, 0.1) is 0 Å². The van der Waals surface area contributed by atoms with Crippen LogP contribution in [-0.2, 0) is 0 Å². The van der Waals surface area contributed by atoms with Crippen molar-refractivity contribution in [1.82, 2.24) is 0 Å². The molecule has 1 aliphatic rings. The number of hydrogen-bond acceptors (Lipinski definition) is 1. The van der Waals surface area contributed by atoms with Crippen LogP contribution in [0.15, 0.2) is 0 Å². The normalized spacial score (nSPS) is 41.3. The fraction of sp³-hybridized carbons (Fsp3) is 0.875. The first-order valence-corrected chi connectivity index (χ1v) is 4.43. The summed E-state index contributed by atoms with van der Waals surface area (Å²) in [5.74, 6) is 4.00. The van der Waals surface area contributed by atoms with Crippen LogP contribution < -0.4 is 0 Å². The molecule has 0 aromatic rings. The molecule has 0 aromatic heterocycles. The molecule has 0 amide bonds. The molecule has 1 heteroatoms. The highest BCUT2D eigenvalue weighted by atomic mass is 32.2. The van der Waals surface area contributed by atoms with E-state index in [4.69, 9.17) is 0 Å². The fourth-order valence-corrected chi connectivity index (χ4v) is 2.37. The van der Waals surface area contributed by atoms with Crippen molar-refractivity contribution in [3.63, 3.8) is 0 Å². The Bertz CT molecular complexity index is 107. The predicted octanol–water partition coefficient (Wildman–Crippen LogP) is 2.95. The van der Waals surface area contributed by atoms with E-state index in [1.165, 1.54) is 0 Å². The van der Waals surface area contributed by atoms with E-state index in [2.05, 4.69) is 33.4 Å². The highest BCUT2D eigenvalue weighted by Crippen LogP contribution is 2.48. The Kier molecular flexibility index (Phi) is 1.81. The van der Waals surface area contributed by atoms with Gasteiger partial charge in [0.25, 0.3) is 0 Å². The van der Waals surface area contributed by atoms with Crippen LogP contribution in [0.3, 0.4) is 0 Å². The van der Waals surface area contributed by atoms with Crippen molar-refractivity contribution < 1.29 is 0 Å². The van der Waals surface area contributed by atoms with Gasteiger partial charge in [-0.2, -0.15) is 11.8 Å². The smallest absolute Gasteiger partial charge is 0.0203 e. The monoisotopic (exact) mass is 143 g/mol.